The third kappa shape index (κ3) is 3.43. The van der Waals surface area contributed by atoms with Gasteiger partial charge in [0.25, 0.3) is 0 Å². The smallest absolute Gasteiger partial charge is 0.408 e. The highest BCUT2D eigenvalue weighted by molar-refractivity contribution is 5.98. The number of ether oxygens (including phenoxy) is 1. The van der Waals surface area contributed by atoms with E-state index >= 15 is 0 Å². The summed E-state index contributed by atoms with van der Waals surface area (Å²) in [7, 11) is 0. The monoisotopic (exact) mass is 263 g/mol. The molecule has 0 aromatic carbocycles. The average Bonchev–Trinajstić information content (AvgIpc) is 2.27. The van der Waals surface area contributed by atoms with E-state index in [2.05, 4.69) is 15.6 Å². The fourth-order valence-electron chi connectivity index (χ4n) is 1.80. The SMILES string of the molecule is CC(C)(C)OC(=O)N[C@@H]1Cc2cccnc2NC1=O. The lowest BCUT2D eigenvalue weighted by molar-refractivity contribution is -0.118. The van der Waals surface area contributed by atoms with Crippen molar-refractivity contribution in [2.75, 3.05) is 5.32 Å². The van der Waals surface area contributed by atoms with Crippen LogP contribution in [-0.4, -0.2) is 28.6 Å². The van der Waals surface area contributed by atoms with Gasteiger partial charge in [-0.15, -0.1) is 0 Å². The van der Waals surface area contributed by atoms with Crippen LogP contribution in [0.25, 0.3) is 0 Å². The molecular weight excluding hydrogens is 246 g/mol. The first-order valence-corrected chi connectivity index (χ1v) is 6.09. The van der Waals surface area contributed by atoms with Gasteiger partial charge < -0.3 is 15.4 Å². The Morgan fingerprint density at radius 3 is 2.95 bits per heavy atom. The van der Waals surface area contributed by atoms with E-state index in [-0.39, 0.29) is 5.91 Å². The zero-order valence-electron chi connectivity index (χ0n) is 11.2. The molecule has 2 heterocycles. The summed E-state index contributed by atoms with van der Waals surface area (Å²) in [4.78, 5) is 27.6. The molecule has 1 aromatic rings. The van der Waals surface area contributed by atoms with Crippen molar-refractivity contribution in [3.8, 4) is 0 Å². The number of alkyl carbamates (subject to hydrolysis) is 1. The highest BCUT2D eigenvalue weighted by Gasteiger charge is 2.29. The molecule has 1 atom stereocenters. The first kappa shape index (κ1) is 13.3. The van der Waals surface area contributed by atoms with Gasteiger partial charge in [-0.25, -0.2) is 9.78 Å². The highest BCUT2D eigenvalue weighted by atomic mass is 16.6. The van der Waals surface area contributed by atoms with Crippen LogP contribution in [0, 0.1) is 0 Å². The highest BCUT2D eigenvalue weighted by Crippen LogP contribution is 2.19. The lowest BCUT2D eigenvalue weighted by Gasteiger charge is -2.26. The molecule has 102 valence electrons. The zero-order chi connectivity index (χ0) is 14.0. The predicted octanol–water partition coefficient (Wildman–Crippen LogP) is 1.47. The van der Waals surface area contributed by atoms with Gasteiger partial charge in [0.05, 0.1) is 0 Å². The number of amides is 2. The first-order valence-electron chi connectivity index (χ1n) is 6.09. The van der Waals surface area contributed by atoms with Crippen molar-refractivity contribution >= 4 is 17.8 Å². The molecular formula is C13H17N3O3. The lowest BCUT2D eigenvalue weighted by atomic mass is 10.0. The number of carbonyl (C=O) groups excluding carboxylic acids is 2. The van der Waals surface area contributed by atoms with Crippen LogP contribution in [0.5, 0.6) is 0 Å². The average molecular weight is 263 g/mol. The van der Waals surface area contributed by atoms with Crippen molar-refractivity contribution in [3.63, 3.8) is 0 Å². The molecule has 0 radical (unpaired) electrons. The molecule has 0 bridgehead atoms. The summed E-state index contributed by atoms with van der Waals surface area (Å²) in [6, 6.07) is 3.03. The number of rotatable bonds is 1. The zero-order valence-corrected chi connectivity index (χ0v) is 11.2. The predicted molar refractivity (Wildman–Crippen MR) is 69.7 cm³/mol. The Morgan fingerprint density at radius 2 is 2.26 bits per heavy atom. The van der Waals surface area contributed by atoms with Gasteiger partial charge in [0.2, 0.25) is 5.91 Å². The van der Waals surface area contributed by atoms with E-state index in [1.807, 2.05) is 6.07 Å². The van der Waals surface area contributed by atoms with Crippen LogP contribution in [-0.2, 0) is 16.0 Å². The second kappa shape index (κ2) is 4.87. The largest absolute Gasteiger partial charge is 0.444 e. The van der Waals surface area contributed by atoms with E-state index in [0.717, 1.165) is 5.56 Å². The summed E-state index contributed by atoms with van der Waals surface area (Å²) in [5.41, 5.74) is 0.303. The fourth-order valence-corrected chi connectivity index (χ4v) is 1.80. The maximum absolute atomic E-state index is 11.8. The minimum atomic E-state index is -0.633. The molecule has 1 aromatic heterocycles. The number of pyridine rings is 1. The third-order valence-electron chi connectivity index (χ3n) is 2.56. The van der Waals surface area contributed by atoms with Crippen molar-refractivity contribution in [1.82, 2.24) is 10.3 Å². The molecule has 6 heteroatoms. The summed E-state index contributed by atoms with van der Waals surface area (Å²) in [6.45, 7) is 5.31. The van der Waals surface area contributed by atoms with E-state index in [0.29, 0.717) is 12.2 Å². The number of nitrogens with one attached hydrogen (secondary N) is 2. The minimum absolute atomic E-state index is 0.281. The number of anilines is 1. The summed E-state index contributed by atoms with van der Waals surface area (Å²) in [5.74, 6) is 0.270. The van der Waals surface area contributed by atoms with E-state index in [1.165, 1.54) is 0 Å². The van der Waals surface area contributed by atoms with Crippen LogP contribution in [0.4, 0.5) is 10.6 Å². The van der Waals surface area contributed by atoms with Gasteiger partial charge in [-0.2, -0.15) is 0 Å². The Labute approximate surface area is 111 Å². The number of hydrogen-bond donors (Lipinski definition) is 2. The summed E-state index contributed by atoms with van der Waals surface area (Å²) < 4.78 is 5.13. The quantitative estimate of drug-likeness (QED) is 0.804. The van der Waals surface area contributed by atoms with Gasteiger partial charge in [0, 0.05) is 12.6 Å². The standard InChI is InChI=1S/C13H17N3O3/c1-13(2,3)19-12(18)15-9-7-8-5-4-6-14-10(8)16-11(9)17/h4-6,9H,7H2,1-3H3,(H,15,18)(H,14,16,17)/t9-/m1/s1. The molecule has 6 nitrogen and oxygen atoms in total. The number of aromatic nitrogens is 1. The Kier molecular flexibility index (Phi) is 3.42. The van der Waals surface area contributed by atoms with Crippen LogP contribution in [0.1, 0.15) is 26.3 Å². The second-order valence-electron chi connectivity index (χ2n) is 5.40. The Bertz CT molecular complexity index is 508. The molecule has 0 spiro atoms. The molecule has 19 heavy (non-hydrogen) atoms. The molecule has 1 aliphatic heterocycles. The molecule has 0 saturated heterocycles. The number of fused-ring (bicyclic) bond motifs is 1. The molecule has 0 aliphatic carbocycles. The summed E-state index contributed by atoms with van der Waals surface area (Å²) in [6.07, 6.45) is 1.43. The topological polar surface area (TPSA) is 80.3 Å². The normalized spacial score (nSPS) is 18.3. The summed E-state index contributed by atoms with van der Waals surface area (Å²) in [5, 5.41) is 5.22. The number of carbonyl (C=O) groups is 2. The fraction of sp³-hybridized carbons (Fsp3) is 0.462. The second-order valence-corrected chi connectivity index (χ2v) is 5.40. The lowest BCUT2D eigenvalue weighted by Crippen LogP contribution is -2.49. The maximum atomic E-state index is 11.8. The first-order chi connectivity index (χ1) is 8.85. The Morgan fingerprint density at radius 1 is 1.53 bits per heavy atom. The van der Waals surface area contributed by atoms with Crippen molar-refractivity contribution in [2.24, 2.45) is 0 Å². The molecule has 0 fully saturated rings. The summed E-state index contributed by atoms with van der Waals surface area (Å²) >= 11 is 0. The molecule has 1 aliphatic rings. The third-order valence-corrected chi connectivity index (χ3v) is 2.56. The molecule has 2 N–H and O–H groups in total. The van der Waals surface area contributed by atoms with Crippen molar-refractivity contribution in [2.45, 2.75) is 38.8 Å². The van der Waals surface area contributed by atoms with E-state index in [4.69, 9.17) is 4.74 Å². The number of nitrogens with zero attached hydrogens (tertiary/aromatic N) is 1. The van der Waals surface area contributed by atoms with Gasteiger partial charge >= 0.3 is 6.09 Å². The molecule has 0 unspecified atom stereocenters. The minimum Gasteiger partial charge on any atom is -0.444 e. The van der Waals surface area contributed by atoms with Crippen LogP contribution in [0.3, 0.4) is 0 Å². The molecule has 2 amide bonds. The van der Waals surface area contributed by atoms with Gasteiger partial charge in [-0.1, -0.05) is 6.07 Å². The Hall–Kier alpha value is -2.11. The van der Waals surface area contributed by atoms with Crippen molar-refractivity contribution in [3.05, 3.63) is 23.9 Å². The molecule has 0 saturated carbocycles. The van der Waals surface area contributed by atoms with Crippen LogP contribution in [0.2, 0.25) is 0 Å². The van der Waals surface area contributed by atoms with Crippen LogP contribution < -0.4 is 10.6 Å². The van der Waals surface area contributed by atoms with Gasteiger partial charge in [0.15, 0.2) is 0 Å². The Balaban J connectivity index is 2.03. The van der Waals surface area contributed by atoms with Gasteiger partial charge in [0.1, 0.15) is 17.5 Å². The van der Waals surface area contributed by atoms with E-state index < -0.39 is 17.7 Å². The van der Waals surface area contributed by atoms with E-state index in [1.54, 1.807) is 33.0 Å². The van der Waals surface area contributed by atoms with Gasteiger partial charge in [-0.3, -0.25) is 4.79 Å². The maximum Gasteiger partial charge on any atom is 0.408 e. The van der Waals surface area contributed by atoms with Gasteiger partial charge in [-0.05, 0) is 32.4 Å². The van der Waals surface area contributed by atoms with E-state index in [9.17, 15) is 9.59 Å². The number of hydrogen-bond acceptors (Lipinski definition) is 4. The van der Waals surface area contributed by atoms with Crippen molar-refractivity contribution in [1.29, 1.82) is 0 Å². The molecule has 2 rings (SSSR count). The van der Waals surface area contributed by atoms with Crippen LogP contribution in [0.15, 0.2) is 18.3 Å². The van der Waals surface area contributed by atoms with Crippen LogP contribution >= 0.6 is 0 Å². The van der Waals surface area contributed by atoms with Crippen molar-refractivity contribution < 1.29 is 14.3 Å².